The van der Waals surface area contributed by atoms with Crippen molar-refractivity contribution in [3.8, 4) is 0 Å². The summed E-state index contributed by atoms with van der Waals surface area (Å²) in [6, 6.07) is 4.56. The zero-order chi connectivity index (χ0) is 15.5. The van der Waals surface area contributed by atoms with E-state index in [2.05, 4.69) is 10.0 Å². The summed E-state index contributed by atoms with van der Waals surface area (Å²) < 4.78 is 27.1. The number of sulfonamides is 1. The van der Waals surface area contributed by atoms with Gasteiger partial charge in [-0.15, -0.1) is 0 Å². The molecular weight excluding hydrogens is 290 g/mol. The van der Waals surface area contributed by atoms with Crippen molar-refractivity contribution in [3.05, 3.63) is 29.3 Å². The maximum absolute atomic E-state index is 12.3. The molecule has 7 heteroatoms. The number of carbonyl (C=O) groups excluding carboxylic acids is 1. The summed E-state index contributed by atoms with van der Waals surface area (Å²) in [5.74, 6) is -0.626. The maximum atomic E-state index is 12.3. The van der Waals surface area contributed by atoms with Crippen molar-refractivity contribution in [3.63, 3.8) is 0 Å². The topological polar surface area (TPSA) is 101 Å². The number of aryl methyl sites for hydroxylation is 1. The molecule has 6 nitrogen and oxygen atoms in total. The Kier molecular flexibility index (Phi) is 4.97. The molecule has 2 rings (SSSR count). The van der Waals surface area contributed by atoms with Crippen LogP contribution in [0.2, 0.25) is 0 Å². The highest BCUT2D eigenvalue weighted by atomic mass is 32.2. The molecular formula is C14H21N3O3S. The minimum Gasteiger partial charge on any atom is -0.366 e. The van der Waals surface area contributed by atoms with E-state index >= 15 is 0 Å². The van der Waals surface area contributed by atoms with Crippen molar-refractivity contribution in [1.82, 2.24) is 10.0 Å². The van der Waals surface area contributed by atoms with Crippen molar-refractivity contribution >= 4 is 15.9 Å². The van der Waals surface area contributed by atoms with Crippen LogP contribution in [0.3, 0.4) is 0 Å². The van der Waals surface area contributed by atoms with Crippen LogP contribution in [0.1, 0.15) is 35.2 Å². The minimum atomic E-state index is -3.63. The highest BCUT2D eigenvalue weighted by Crippen LogP contribution is 2.15. The summed E-state index contributed by atoms with van der Waals surface area (Å²) >= 11 is 0. The molecule has 1 heterocycles. The van der Waals surface area contributed by atoms with Gasteiger partial charge >= 0.3 is 0 Å². The van der Waals surface area contributed by atoms with E-state index in [0.29, 0.717) is 12.1 Å². The van der Waals surface area contributed by atoms with E-state index in [-0.39, 0.29) is 16.5 Å². The van der Waals surface area contributed by atoms with E-state index in [0.717, 1.165) is 25.8 Å². The van der Waals surface area contributed by atoms with Crippen LogP contribution in [0.4, 0.5) is 0 Å². The zero-order valence-electron chi connectivity index (χ0n) is 12.1. The number of rotatable bonds is 5. The van der Waals surface area contributed by atoms with Crippen molar-refractivity contribution in [2.75, 3.05) is 13.1 Å². The molecule has 1 aliphatic rings. The largest absolute Gasteiger partial charge is 0.366 e. The van der Waals surface area contributed by atoms with E-state index in [1.54, 1.807) is 13.0 Å². The number of piperidine rings is 1. The van der Waals surface area contributed by atoms with Crippen molar-refractivity contribution in [1.29, 1.82) is 0 Å². The third-order valence-corrected chi connectivity index (χ3v) is 5.14. The van der Waals surface area contributed by atoms with Gasteiger partial charge in [0.25, 0.3) is 0 Å². The van der Waals surface area contributed by atoms with Crippen LogP contribution in [-0.4, -0.2) is 33.5 Å². The fourth-order valence-electron chi connectivity index (χ4n) is 2.43. The average Bonchev–Trinajstić information content (AvgIpc) is 2.46. The van der Waals surface area contributed by atoms with E-state index in [4.69, 9.17) is 5.73 Å². The van der Waals surface area contributed by atoms with E-state index in [1.807, 2.05) is 0 Å². The number of benzene rings is 1. The monoisotopic (exact) mass is 311 g/mol. The first-order chi connectivity index (χ1) is 9.90. The normalized spacial score (nSPS) is 19.4. The lowest BCUT2D eigenvalue weighted by Crippen LogP contribution is -2.43. The molecule has 0 bridgehead atoms. The van der Waals surface area contributed by atoms with Gasteiger partial charge in [-0.1, -0.05) is 12.5 Å². The molecule has 0 radical (unpaired) electrons. The van der Waals surface area contributed by atoms with E-state index < -0.39 is 15.9 Å². The molecule has 1 aliphatic heterocycles. The quantitative estimate of drug-likeness (QED) is 0.737. The molecule has 1 atom stereocenters. The predicted molar refractivity (Wildman–Crippen MR) is 80.5 cm³/mol. The lowest BCUT2D eigenvalue weighted by Gasteiger charge is -2.23. The molecule has 1 aromatic rings. The third kappa shape index (κ3) is 4.03. The first-order valence-electron chi connectivity index (χ1n) is 7.03. The molecule has 0 aliphatic carbocycles. The Labute approximate surface area is 125 Å². The maximum Gasteiger partial charge on any atom is 0.249 e. The van der Waals surface area contributed by atoms with Crippen LogP contribution in [0.25, 0.3) is 0 Å². The van der Waals surface area contributed by atoms with Crippen LogP contribution in [0.5, 0.6) is 0 Å². The molecule has 1 fully saturated rings. The number of hydrogen-bond donors (Lipinski definition) is 3. The average molecular weight is 311 g/mol. The second-order valence-corrected chi connectivity index (χ2v) is 7.11. The molecule has 21 heavy (non-hydrogen) atoms. The molecule has 0 saturated carbocycles. The summed E-state index contributed by atoms with van der Waals surface area (Å²) in [6.07, 6.45) is 3.20. The number of carbonyl (C=O) groups is 1. The summed E-state index contributed by atoms with van der Waals surface area (Å²) in [4.78, 5) is 11.4. The molecule has 1 aromatic carbocycles. The number of nitrogens with one attached hydrogen (secondary N) is 2. The standard InChI is InChI=1S/C14H21N3O3S/c1-10-5-6-12(8-13(10)14(15)18)21(19,20)17-9-11-4-2-3-7-16-11/h5-6,8,11,16-17H,2-4,7,9H2,1H3,(H2,15,18). The number of hydrogen-bond acceptors (Lipinski definition) is 4. The van der Waals surface area contributed by atoms with Crippen LogP contribution >= 0.6 is 0 Å². The molecule has 4 N–H and O–H groups in total. The Morgan fingerprint density at radius 1 is 1.43 bits per heavy atom. The van der Waals surface area contributed by atoms with Gasteiger partial charge in [0, 0.05) is 18.2 Å². The second-order valence-electron chi connectivity index (χ2n) is 5.34. The van der Waals surface area contributed by atoms with Crippen LogP contribution in [0, 0.1) is 6.92 Å². The van der Waals surface area contributed by atoms with Crippen LogP contribution in [-0.2, 0) is 10.0 Å². The van der Waals surface area contributed by atoms with Gasteiger partial charge in [0.05, 0.1) is 4.90 Å². The van der Waals surface area contributed by atoms with Crippen LogP contribution in [0.15, 0.2) is 23.1 Å². The van der Waals surface area contributed by atoms with Gasteiger partial charge in [-0.3, -0.25) is 4.79 Å². The first-order valence-corrected chi connectivity index (χ1v) is 8.52. The lowest BCUT2D eigenvalue weighted by molar-refractivity contribution is 0.0999. The second kappa shape index (κ2) is 6.55. The van der Waals surface area contributed by atoms with Crippen molar-refractivity contribution in [2.24, 2.45) is 5.73 Å². The molecule has 0 spiro atoms. The fraction of sp³-hybridized carbons (Fsp3) is 0.500. The van der Waals surface area contributed by atoms with Gasteiger partial charge in [0.2, 0.25) is 15.9 Å². The Morgan fingerprint density at radius 2 is 2.19 bits per heavy atom. The predicted octanol–water partition coefficient (Wildman–Crippen LogP) is 0.514. The van der Waals surface area contributed by atoms with Gasteiger partial charge in [-0.05, 0) is 44.0 Å². The summed E-state index contributed by atoms with van der Waals surface area (Å²) in [6.45, 7) is 2.99. The third-order valence-electron chi connectivity index (χ3n) is 3.72. The lowest BCUT2D eigenvalue weighted by atomic mass is 10.1. The molecule has 1 saturated heterocycles. The highest BCUT2D eigenvalue weighted by molar-refractivity contribution is 7.89. The fourth-order valence-corrected chi connectivity index (χ4v) is 3.53. The van der Waals surface area contributed by atoms with Gasteiger partial charge in [-0.2, -0.15) is 0 Å². The molecule has 116 valence electrons. The van der Waals surface area contributed by atoms with Crippen LogP contribution < -0.4 is 15.8 Å². The van der Waals surface area contributed by atoms with Gasteiger partial charge in [-0.25, -0.2) is 13.1 Å². The van der Waals surface area contributed by atoms with Crippen molar-refractivity contribution < 1.29 is 13.2 Å². The summed E-state index contributed by atoms with van der Waals surface area (Å²) in [5.41, 5.74) is 6.15. The Balaban J connectivity index is 2.11. The Morgan fingerprint density at radius 3 is 2.81 bits per heavy atom. The van der Waals surface area contributed by atoms with Crippen molar-refractivity contribution in [2.45, 2.75) is 37.1 Å². The summed E-state index contributed by atoms with van der Waals surface area (Å²) in [7, 11) is -3.63. The SMILES string of the molecule is Cc1ccc(S(=O)(=O)NCC2CCCCN2)cc1C(N)=O. The number of amides is 1. The zero-order valence-corrected chi connectivity index (χ0v) is 12.9. The summed E-state index contributed by atoms with van der Waals surface area (Å²) in [5, 5.41) is 3.28. The Bertz CT molecular complexity index is 622. The highest BCUT2D eigenvalue weighted by Gasteiger charge is 2.19. The minimum absolute atomic E-state index is 0.0673. The van der Waals surface area contributed by atoms with Gasteiger partial charge in [0.1, 0.15) is 0 Å². The molecule has 1 unspecified atom stereocenters. The Hall–Kier alpha value is -1.44. The number of nitrogens with two attached hydrogens (primary N) is 1. The molecule has 0 aromatic heterocycles. The van der Waals surface area contributed by atoms with E-state index in [9.17, 15) is 13.2 Å². The molecule has 1 amide bonds. The van der Waals surface area contributed by atoms with Gasteiger partial charge < -0.3 is 11.1 Å². The number of primary amides is 1. The smallest absolute Gasteiger partial charge is 0.249 e. The van der Waals surface area contributed by atoms with E-state index in [1.165, 1.54) is 12.1 Å². The van der Waals surface area contributed by atoms with Gasteiger partial charge in [0.15, 0.2) is 0 Å². The first kappa shape index (κ1) is 15.9.